The van der Waals surface area contributed by atoms with E-state index in [2.05, 4.69) is 4.72 Å². The topological polar surface area (TPSA) is 75.7 Å². The van der Waals surface area contributed by atoms with Crippen LogP contribution in [0.15, 0.2) is 29.2 Å². The van der Waals surface area contributed by atoms with Gasteiger partial charge in [0.15, 0.2) is 0 Å². The molecule has 1 amide bonds. The molecule has 0 radical (unpaired) electrons. The Morgan fingerprint density at radius 1 is 1.22 bits per heavy atom. The molecule has 1 aliphatic rings. The van der Waals surface area contributed by atoms with Crippen LogP contribution >= 0.6 is 0 Å². The fourth-order valence-corrected chi connectivity index (χ4v) is 3.67. The molecule has 1 heterocycles. The molecule has 2 rings (SSSR count). The molecular formula is C16H24N2O4S. The monoisotopic (exact) mass is 340 g/mol. The number of nitrogens with one attached hydrogen (secondary N) is 1. The highest BCUT2D eigenvalue weighted by atomic mass is 32.2. The number of sulfonamides is 1. The fourth-order valence-electron chi connectivity index (χ4n) is 2.61. The quantitative estimate of drug-likeness (QED) is 0.799. The van der Waals surface area contributed by atoms with E-state index in [0.717, 1.165) is 38.8 Å². The maximum absolute atomic E-state index is 12.6. The number of rotatable bonds is 6. The lowest BCUT2D eigenvalue weighted by molar-refractivity contribution is 0.0761. The summed E-state index contributed by atoms with van der Waals surface area (Å²) in [7, 11) is -2.12. The smallest absolute Gasteiger partial charge is 0.253 e. The van der Waals surface area contributed by atoms with Gasteiger partial charge in [-0.25, -0.2) is 13.1 Å². The molecule has 1 aromatic rings. The van der Waals surface area contributed by atoms with Crippen LogP contribution in [0.5, 0.6) is 0 Å². The minimum Gasteiger partial charge on any atom is -0.383 e. The Morgan fingerprint density at radius 2 is 1.91 bits per heavy atom. The molecule has 6 nitrogen and oxygen atoms in total. The van der Waals surface area contributed by atoms with Crippen molar-refractivity contribution in [3.8, 4) is 0 Å². The predicted octanol–water partition coefficient (Wildman–Crippen LogP) is 1.63. The molecule has 128 valence electrons. The van der Waals surface area contributed by atoms with Gasteiger partial charge in [0.1, 0.15) is 0 Å². The first kappa shape index (κ1) is 17.9. The van der Waals surface area contributed by atoms with Crippen molar-refractivity contribution in [2.75, 3.05) is 33.4 Å². The lowest BCUT2D eigenvalue weighted by atomic mass is 10.2. The summed E-state index contributed by atoms with van der Waals surface area (Å²) in [4.78, 5) is 14.5. The average molecular weight is 340 g/mol. The molecule has 1 fully saturated rings. The molecule has 23 heavy (non-hydrogen) atoms. The largest absolute Gasteiger partial charge is 0.383 e. The van der Waals surface area contributed by atoms with Crippen LogP contribution in [0.3, 0.4) is 0 Å². The van der Waals surface area contributed by atoms with E-state index in [1.165, 1.54) is 19.2 Å². The van der Waals surface area contributed by atoms with Crippen molar-refractivity contribution in [3.05, 3.63) is 29.8 Å². The summed E-state index contributed by atoms with van der Waals surface area (Å²) in [6.45, 7) is 1.97. The standard InChI is InChI=1S/C16H24N2O4S/c1-22-12-9-17-23(20,21)15-8-6-7-14(13-15)16(19)18-10-4-2-3-5-11-18/h6-8,13,17H,2-5,9-12H2,1H3. The normalized spacial score (nSPS) is 16.1. The van der Waals surface area contributed by atoms with Crippen molar-refractivity contribution in [2.45, 2.75) is 30.6 Å². The van der Waals surface area contributed by atoms with Crippen LogP contribution in [0.4, 0.5) is 0 Å². The number of nitrogens with zero attached hydrogens (tertiary/aromatic N) is 1. The van der Waals surface area contributed by atoms with Gasteiger partial charge in [0.05, 0.1) is 11.5 Å². The van der Waals surface area contributed by atoms with Crippen LogP contribution in [0.1, 0.15) is 36.0 Å². The van der Waals surface area contributed by atoms with E-state index in [9.17, 15) is 13.2 Å². The summed E-state index contributed by atoms with van der Waals surface area (Å²) in [6, 6.07) is 6.22. The first-order chi connectivity index (χ1) is 11.0. The van der Waals surface area contributed by atoms with Crippen LogP contribution in [0, 0.1) is 0 Å². The molecule has 0 unspecified atom stereocenters. The molecule has 0 aromatic heterocycles. The number of hydrogen-bond acceptors (Lipinski definition) is 4. The van der Waals surface area contributed by atoms with Gasteiger partial charge in [0.2, 0.25) is 10.0 Å². The number of benzene rings is 1. The Balaban J connectivity index is 2.13. The Labute approximate surface area is 137 Å². The number of carbonyl (C=O) groups excluding carboxylic acids is 1. The first-order valence-corrected chi connectivity index (χ1v) is 9.41. The molecule has 0 saturated carbocycles. The van der Waals surface area contributed by atoms with E-state index < -0.39 is 10.0 Å². The van der Waals surface area contributed by atoms with Crippen LogP contribution in [-0.2, 0) is 14.8 Å². The summed E-state index contributed by atoms with van der Waals surface area (Å²) in [5, 5.41) is 0. The van der Waals surface area contributed by atoms with Gasteiger partial charge < -0.3 is 9.64 Å². The van der Waals surface area contributed by atoms with Gasteiger partial charge in [0, 0.05) is 32.3 Å². The second-order valence-electron chi connectivity index (χ2n) is 5.62. The highest BCUT2D eigenvalue weighted by Crippen LogP contribution is 2.16. The zero-order chi connectivity index (χ0) is 16.7. The number of likely N-dealkylation sites (tertiary alicyclic amines) is 1. The zero-order valence-corrected chi connectivity index (χ0v) is 14.3. The summed E-state index contributed by atoms with van der Waals surface area (Å²) < 4.78 is 31.7. The number of hydrogen-bond donors (Lipinski definition) is 1. The minimum atomic E-state index is -3.63. The van der Waals surface area contributed by atoms with Gasteiger partial charge in [-0.3, -0.25) is 4.79 Å². The maximum atomic E-state index is 12.6. The molecule has 0 bridgehead atoms. The Hall–Kier alpha value is -1.44. The van der Waals surface area contributed by atoms with Crippen LogP contribution in [0.2, 0.25) is 0 Å². The van der Waals surface area contributed by atoms with E-state index in [-0.39, 0.29) is 17.3 Å². The van der Waals surface area contributed by atoms with Gasteiger partial charge in [-0.05, 0) is 31.0 Å². The van der Waals surface area contributed by atoms with Crippen molar-refractivity contribution in [1.29, 1.82) is 0 Å². The molecule has 0 atom stereocenters. The first-order valence-electron chi connectivity index (χ1n) is 7.92. The number of methoxy groups -OCH3 is 1. The molecule has 1 saturated heterocycles. The highest BCUT2D eigenvalue weighted by molar-refractivity contribution is 7.89. The minimum absolute atomic E-state index is 0.0964. The summed E-state index contributed by atoms with van der Waals surface area (Å²) in [5.74, 6) is -0.0964. The lowest BCUT2D eigenvalue weighted by Gasteiger charge is -2.20. The van der Waals surface area contributed by atoms with Crippen molar-refractivity contribution in [3.63, 3.8) is 0 Å². The van der Waals surface area contributed by atoms with Gasteiger partial charge in [-0.2, -0.15) is 0 Å². The third kappa shape index (κ3) is 5.02. The number of ether oxygens (including phenoxy) is 1. The Kier molecular flexibility index (Phi) is 6.56. The molecular weight excluding hydrogens is 316 g/mol. The SMILES string of the molecule is COCCNS(=O)(=O)c1cccc(C(=O)N2CCCCCC2)c1. The third-order valence-corrected chi connectivity index (χ3v) is 5.34. The third-order valence-electron chi connectivity index (χ3n) is 3.88. The molecule has 7 heteroatoms. The van der Waals surface area contributed by atoms with E-state index in [4.69, 9.17) is 4.74 Å². The molecule has 0 aliphatic carbocycles. The van der Waals surface area contributed by atoms with Crippen molar-refractivity contribution >= 4 is 15.9 Å². The zero-order valence-electron chi connectivity index (χ0n) is 13.5. The number of carbonyl (C=O) groups is 1. The van der Waals surface area contributed by atoms with Gasteiger partial charge in [-0.15, -0.1) is 0 Å². The van der Waals surface area contributed by atoms with E-state index in [1.807, 2.05) is 4.90 Å². The Bertz CT molecular complexity index is 623. The second-order valence-corrected chi connectivity index (χ2v) is 7.39. The fraction of sp³-hybridized carbons (Fsp3) is 0.562. The summed E-state index contributed by atoms with van der Waals surface area (Å²) in [5.41, 5.74) is 0.418. The van der Waals surface area contributed by atoms with E-state index in [1.54, 1.807) is 12.1 Å². The molecule has 1 aliphatic heterocycles. The molecule has 1 aromatic carbocycles. The van der Waals surface area contributed by atoms with Gasteiger partial charge >= 0.3 is 0 Å². The van der Waals surface area contributed by atoms with Crippen molar-refractivity contribution in [1.82, 2.24) is 9.62 Å². The van der Waals surface area contributed by atoms with E-state index in [0.29, 0.717) is 12.2 Å². The van der Waals surface area contributed by atoms with Crippen LogP contribution in [-0.4, -0.2) is 52.6 Å². The van der Waals surface area contributed by atoms with Crippen LogP contribution in [0.25, 0.3) is 0 Å². The van der Waals surface area contributed by atoms with E-state index >= 15 is 0 Å². The van der Waals surface area contributed by atoms with Crippen molar-refractivity contribution < 1.29 is 17.9 Å². The predicted molar refractivity (Wildman–Crippen MR) is 87.9 cm³/mol. The molecule has 0 spiro atoms. The highest BCUT2D eigenvalue weighted by Gasteiger charge is 2.20. The number of amides is 1. The van der Waals surface area contributed by atoms with Gasteiger partial charge in [0.25, 0.3) is 5.91 Å². The second kappa shape index (κ2) is 8.42. The van der Waals surface area contributed by atoms with Crippen LogP contribution < -0.4 is 4.72 Å². The Morgan fingerprint density at radius 3 is 2.57 bits per heavy atom. The van der Waals surface area contributed by atoms with Gasteiger partial charge in [-0.1, -0.05) is 18.9 Å². The maximum Gasteiger partial charge on any atom is 0.253 e. The summed E-state index contributed by atoms with van der Waals surface area (Å²) in [6.07, 6.45) is 4.29. The lowest BCUT2D eigenvalue weighted by Crippen LogP contribution is -2.32. The average Bonchev–Trinajstić information content (AvgIpc) is 2.84. The summed E-state index contributed by atoms with van der Waals surface area (Å²) >= 11 is 0. The van der Waals surface area contributed by atoms with Crippen molar-refractivity contribution in [2.24, 2.45) is 0 Å². The molecule has 1 N–H and O–H groups in total.